The molecule has 0 saturated carbocycles. The largest absolute Gasteiger partial charge is 0.368 e. The lowest BCUT2D eigenvalue weighted by atomic mass is 9.88. The molecule has 10 heteroatoms. The molecular formula is C36H36Cl2N4O3S. The Morgan fingerprint density at radius 1 is 1.02 bits per heavy atom. The molecule has 5 rings (SSSR count). The molecule has 238 valence electrons. The van der Waals surface area contributed by atoms with Crippen molar-refractivity contribution in [2.45, 2.75) is 36.0 Å². The third-order valence-electron chi connectivity index (χ3n) is 8.76. The minimum atomic E-state index is -1.04. The zero-order valence-electron chi connectivity index (χ0n) is 25.6. The van der Waals surface area contributed by atoms with Crippen LogP contribution in [0.2, 0.25) is 10.0 Å². The van der Waals surface area contributed by atoms with Crippen molar-refractivity contribution in [3.8, 4) is 6.07 Å². The minimum absolute atomic E-state index is 0.176. The van der Waals surface area contributed by atoms with Gasteiger partial charge in [0.15, 0.2) is 0 Å². The topological polar surface area (TPSA) is 108 Å². The maximum atomic E-state index is 14.1. The third kappa shape index (κ3) is 7.97. The highest BCUT2D eigenvalue weighted by Crippen LogP contribution is 2.34. The lowest BCUT2D eigenvalue weighted by Gasteiger charge is -2.34. The van der Waals surface area contributed by atoms with Gasteiger partial charge in [0.25, 0.3) is 5.91 Å². The van der Waals surface area contributed by atoms with Crippen LogP contribution in [0.5, 0.6) is 0 Å². The van der Waals surface area contributed by atoms with Gasteiger partial charge in [0.2, 0.25) is 5.91 Å². The Hall–Kier alpha value is -3.74. The van der Waals surface area contributed by atoms with Crippen molar-refractivity contribution >= 4 is 56.6 Å². The number of carbonyl (C=O) groups excluding carboxylic acids is 2. The summed E-state index contributed by atoms with van der Waals surface area (Å²) in [5.41, 5.74) is 8.45. The number of halogens is 2. The van der Waals surface area contributed by atoms with E-state index in [0.29, 0.717) is 38.9 Å². The molecule has 1 heterocycles. The molecule has 1 fully saturated rings. The predicted octanol–water partition coefficient (Wildman–Crippen LogP) is 6.74. The average molecular weight is 676 g/mol. The second-order valence-corrected chi connectivity index (χ2v) is 13.9. The van der Waals surface area contributed by atoms with Crippen LogP contribution in [0.1, 0.15) is 58.1 Å². The molecule has 0 spiro atoms. The molecule has 2 atom stereocenters. The number of amides is 2. The van der Waals surface area contributed by atoms with Gasteiger partial charge in [-0.3, -0.25) is 13.8 Å². The zero-order valence-corrected chi connectivity index (χ0v) is 28.0. The van der Waals surface area contributed by atoms with E-state index in [-0.39, 0.29) is 24.9 Å². The van der Waals surface area contributed by atoms with Gasteiger partial charge >= 0.3 is 0 Å². The van der Waals surface area contributed by atoms with Gasteiger partial charge in [-0.05, 0) is 97.0 Å². The second-order valence-electron chi connectivity index (χ2n) is 11.8. The van der Waals surface area contributed by atoms with E-state index in [4.69, 9.17) is 28.9 Å². The number of hydrogen-bond donors (Lipinski definition) is 1. The Balaban J connectivity index is 1.38. The lowest BCUT2D eigenvalue weighted by molar-refractivity contribution is -0.118. The number of fused-ring (bicyclic) bond motifs is 1. The molecule has 2 amide bonds. The number of nitrogens with two attached hydrogens (primary N) is 1. The lowest BCUT2D eigenvalue weighted by Crippen LogP contribution is -2.42. The van der Waals surface area contributed by atoms with Gasteiger partial charge in [0, 0.05) is 29.2 Å². The number of piperidine rings is 1. The molecule has 0 aromatic heterocycles. The standard InChI is InChI=1S/C36H36Cl2N4O3S/c1-46(45)34-9-5-4-8-30(34)25-12-15-41(16-13-25)17-14-28(26-10-11-32(37)33(38)20-26)22-42(23-35(40)43)36(44)31-19-24(21-39)18-27-6-2-3-7-29(27)31/h2-11,18-20,25,28H,12-17,22-23H2,1H3,(H2,40,43)/t28?,46-/m0/s1. The number of likely N-dealkylation sites (tertiary alicyclic amines) is 1. The van der Waals surface area contributed by atoms with E-state index < -0.39 is 16.7 Å². The van der Waals surface area contributed by atoms with Crippen molar-refractivity contribution in [1.82, 2.24) is 9.80 Å². The molecule has 1 saturated heterocycles. The van der Waals surface area contributed by atoms with Crippen molar-refractivity contribution in [2.75, 3.05) is 39.0 Å². The highest BCUT2D eigenvalue weighted by atomic mass is 35.5. The molecule has 4 aromatic carbocycles. The van der Waals surface area contributed by atoms with E-state index in [1.807, 2.05) is 54.6 Å². The van der Waals surface area contributed by atoms with Crippen molar-refractivity contribution in [3.63, 3.8) is 0 Å². The van der Waals surface area contributed by atoms with Crippen molar-refractivity contribution in [2.24, 2.45) is 5.73 Å². The molecular weight excluding hydrogens is 639 g/mol. The third-order valence-corrected chi connectivity index (χ3v) is 10.5. The Morgan fingerprint density at radius 3 is 2.43 bits per heavy atom. The summed E-state index contributed by atoms with van der Waals surface area (Å²) in [7, 11) is -1.04. The number of nitrogens with zero attached hydrogens (tertiary/aromatic N) is 3. The van der Waals surface area contributed by atoms with Gasteiger partial charge in [-0.25, -0.2) is 0 Å². The summed E-state index contributed by atoms with van der Waals surface area (Å²) in [6, 6.07) is 26.3. The molecule has 46 heavy (non-hydrogen) atoms. The Labute approximate surface area is 282 Å². The smallest absolute Gasteiger partial charge is 0.255 e. The molecule has 7 nitrogen and oxygen atoms in total. The second kappa shape index (κ2) is 15.2. The first-order valence-electron chi connectivity index (χ1n) is 15.2. The van der Waals surface area contributed by atoms with E-state index in [1.54, 1.807) is 24.5 Å². The van der Waals surface area contributed by atoms with E-state index in [0.717, 1.165) is 48.3 Å². The van der Waals surface area contributed by atoms with Crippen molar-refractivity contribution in [3.05, 3.63) is 111 Å². The van der Waals surface area contributed by atoms with Gasteiger partial charge in [0.1, 0.15) is 0 Å². The van der Waals surface area contributed by atoms with Gasteiger partial charge in [-0.2, -0.15) is 5.26 Å². The number of carbonyl (C=O) groups is 2. The van der Waals surface area contributed by atoms with Gasteiger partial charge in [-0.1, -0.05) is 71.7 Å². The monoisotopic (exact) mass is 674 g/mol. The van der Waals surface area contributed by atoms with E-state index >= 15 is 0 Å². The molecule has 1 aliphatic rings. The van der Waals surface area contributed by atoms with Crippen LogP contribution < -0.4 is 5.73 Å². The highest BCUT2D eigenvalue weighted by Gasteiger charge is 2.28. The molecule has 0 aliphatic carbocycles. The Kier molecular flexibility index (Phi) is 11.1. The average Bonchev–Trinajstić information content (AvgIpc) is 3.06. The van der Waals surface area contributed by atoms with Gasteiger partial charge in [-0.15, -0.1) is 0 Å². The molecule has 4 aromatic rings. The van der Waals surface area contributed by atoms with Crippen molar-refractivity contribution < 1.29 is 13.8 Å². The molecule has 1 aliphatic heterocycles. The fourth-order valence-electron chi connectivity index (χ4n) is 6.41. The summed E-state index contributed by atoms with van der Waals surface area (Å²) in [5.74, 6) is -0.823. The fraction of sp³-hybridized carbons (Fsp3) is 0.306. The molecule has 1 unspecified atom stereocenters. The Bertz CT molecular complexity index is 1820. The first-order valence-corrected chi connectivity index (χ1v) is 17.6. The number of primary amides is 1. The maximum absolute atomic E-state index is 14.1. The maximum Gasteiger partial charge on any atom is 0.255 e. The van der Waals surface area contributed by atoms with Crippen LogP contribution in [-0.2, 0) is 15.6 Å². The summed E-state index contributed by atoms with van der Waals surface area (Å²) in [5, 5.41) is 12.0. The summed E-state index contributed by atoms with van der Waals surface area (Å²) >= 11 is 12.7. The highest BCUT2D eigenvalue weighted by molar-refractivity contribution is 7.84. The summed E-state index contributed by atoms with van der Waals surface area (Å²) in [6.45, 7) is 2.49. The number of benzene rings is 4. The van der Waals surface area contributed by atoms with Crippen molar-refractivity contribution in [1.29, 1.82) is 5.26 Å². The van der Waals surface area contributed by atoms with Crippen LogP contribution in [0, 0.1) is 11.3 Å². The quantitative estimate of drug-likeness (QED) is 0.190. The van der Waals surface area contributed by atoms with Crippen LogP contribution in [0.3, 0.4) is 0 Å². The van der Waals surface area contributed by atoms with E-state index in [2.05, 4.69) is 17.0 Å². The normalized spacial score (nSPS) is 15.3. The van der Waals surface area contributed by atoms with Crippen LogP contribution in [0.4, 0.5) is 0 Å². The summed E-state index contributed by atoms with van der Waals surface area (Å²) in [6.07, 6.45) is 4.34. The number of nitriles is 1. The predicted molar refractivity (Wildman–Crippen MR) is 185 cm³/mol. The van der Waals surface area contributed by atoms with Gasteiger partial charge in [0.05, 0.1) is 39.0 Å². The zero-order chi connectivity index (χ0) is 32.8. The van der Waals surface area contributed by atoms with E-state index in [1.165, 1.54) is 10.5 Å². The van der Waals surface area contributed by atoms with Gasteiger partial charge < -0.3 is 15.5 Å². The summed E-state index contributed by atoms with van der Waals surface area (Å²) in [4.78, 5) is 31.2. The molecule has 2 N–H and O–H groups in total. The molecule has 0 bridgehead atoms. The van der Waals surface area contributed by atoms with Crippen LogP contribution in [0.25, 0.3) is 10.8 Å². The van der Waals surface area contributed by atoms with Crippen LogP contribution >= 0.6 is 23.2 Å². The molecule has 0 radical (unpaired) electrons. The number of hydrogen-bond acceptors (Lipinski definition) is 5. The fourth-order valence-corrected chi connectivity index (χ4v) is 7.55. The minimum Gasteiger partial charge on any atom is -0.368 e. The van der Waals surface area contributed by atoms with Crippen LogP contribution in [0.15, 0.2) is 83.8 Å². The van der Waals surface area contributed by atoms with E-state index in [9.17, 15) is 19.1 Å². The first kappa shape index (κ1) is 33.6. The van der Waals surface area contributed by atoms with Crippen LogP contribution in [-0.4, -0.2) is 64.8 Å². The number of rotatable bonds is 11. The first-order chi connectivity index (χ1) is 22.1. The summed E-state index contributed by atoms with van der Waals surface area (Å²) < 4.78 is 12.3. The Morgan fingerprint density at radius 2 is 1.74 bits per heavy atom. The SMILES string of the molecule is C[S@](=O)c1ccccc1C1CCN(CCC(CN(CC(N)=O)C(=O)c2cc(C#N)cc3ccccc23)c2ccc(Cl)c(Cl)c2)CC1.